The van der Waals surface area contributed by atoms with Gasteiger partial charge in [0.15, 0.2) is 5.17 Å². The predicted molar refractivity (Wildman–Crippen MR) is 87.2 cm³/mol. The zero-order valence-corrected chi connectivity index (χ0v) is 12.9. The van der Waals surface area contributed by atoms with E-state index in [9.17, 15) is 0 Å². The molecule has 0 bridgehead atoms. The normalized spacial score (nSPS) is 30.4. The lowest BCUT2D eigenvalue weighted by atomic mass is 10.1. The molecule has 0 aliphatic carbocycles. The highest BCUT2D eigenvalue weighted by Gasteiger charge is 2.30. The zero-order valence-electron chi connectivity index (χ0n) is 11.3. The second-order valence-electron chi connectivity index (χ2n) is 5.42. The predicted octanol–water partition coefficient (Wildman–Crippen LogP) is 3.71. The van der Waals surface area contributed by atoms with Crippen LogP contribution in [-0.4, -0.2) is 28.8 Å². The van der Waals surface area contributed by atoms with E-state index >= 15 is 0 Å². The smallest absolute Gasteiger partial charge is 0.157 e. The molecule has 2 nitrogen and oxygen atoms in total. The quantitative estimate of drug-likeness (QED) is 0.919. The van der Waals surface area contributed by atoms with Crippen molar-refractivity contribution in [3.63, 3.8) is 0 Å². The van der Waals surface area contributed by atoms with Crippen molar-refractivity contribution in [3.8, 4) is 0 Å². The van der Waals surface area contributed by atoms with E-state index in [4.69, 9.17) is 0 Å². The van der Waals surface area contributed by atoms with E-state index in [1.165, 1.54) is 24.2 Å². The number of thioether (sulfide) groups is 2. The average Bonchev–Trinajstić information content (AvgIpc) is 3.07. The lowest BCUT2D eigenvalue weighted by Crippen LogP contribution is -2.35. The van der Waals surface area contributed by atoms with E-state index in [-0.39, 0.29) is 0 Å². The number of hydrogen-bond acceptors (Lipinski definition) is 4. The summed E-state index contributed by atoms with van der Waals surface area (Å²) in [4.78, 5) is 4.64. The monoisotopic (exact) mass is 292 g/mol. The molecule has 2 unspecified atom stereocenters. The second-order valence-corrected chi connectivity index (χ2v) is 8.29. The van der Waals surface area contributed by atoms with Crippen LogP contribution in [0.1, 0.15) is 30.6 Å². The Morgan fingerprint density at radius 2 is 2.21 bits per heavy atom. The second kappa shape index (κ2) is 5.80. The highest BCUT2D eigenvalue weighted by molar-refractivity contribution is 8.14. The molecule has 1 N–H and O–H groups in total. The molecule has 1 fully saturated rings. The molecule has 0 radical (unpaired) electrons. The lowest BCUT2D eigenvalue weighted by Gasteiger charge is -2.23. The van der Waals surface area contributed by atoms with Crippen LogP contribution in [0.25, 0.3) is 0 Å². The van der Waals surface area contributed by atoms with Crippen molar-refractivity contribution in [2.24, 2.45) is 4.99 Å². The molecule has 2 aliphatic heterocycles. The molecular weight excluding hydrogens is 272 g/mol. The largest absolute Gasteiger partial charge is 0.364 e. The van der Waals surface area contributed by atoms with Crippen LogP contribution in [0.5, 0.6) is 0 Å². The van der Waals surface area contributed by atoms with Gasteiger partial charge in [0.1, 0.15) is 0 Å². The van der Waals surface area contributed by atoms with Gasteiger partial charge in [-0.2, -0.15) is 11.8 Å². The van der Waals surface area contributed by atoms with E-state index in [2.05, 4.69) is 59.3 Å². The molecule has 0 amide bonds. The van der Waals surface area contributed by atoms with E-state index in [0.717, 1.165) is 18.3 Å². The van der Waals surface area contributed by atoms with Gasteiger partial charge in [0.2, 0.25) is 0 Å². The Balaban J connectivity index is 1.52. The summed E-state index contributed by atoms with van der Waals surface area (Å²) >= 11 is 3.97. The molecule has 3 rings (SSSR count). The molecule has 0 spiro atoms. The molecule has 4 heteroatoms. The maximum Gasteiger partial charge on any atom is 0.157 e. The fourth-order valence-electron chi connectivity index (χ4n) is 2.55. The Labute approximate surface area is 123 Å². The van der Waals surface area contributed by atoms with Crippen molar-refractivity contribution in [1.82, 2.24) is 5.32 Å². The third-order valence-corrected chi connectivity index (χ3v) is 6.48. The van der Waals surface area contributed by atoms with Crippen LogP contribution >= 0.6 is 23.5 Å². The summed E-state index contributed by atoms with van der Waals surface area (Å²) in [6.07, 6.45) is 2.68. The fourth-order valence-corrected chi connectivity index (χ4v) is 4.81. The van der Waals surface area contributed by atoms with Gasteiger partial charge < -0.3 is 5.32 Å². The first-order valence-electron chi connectivity index (χ1n) is 6.89. The number of nitrogens with zero attached hydrogens (tertiary/aromatic N) is 1. The molecular formula is C15H20N2S2. The highest BCUT2D eigenvalue weighted by Crippen LogP contribution is 2.38. The third-order valence-electron chi connectivity index (χ3n) is 3.74. The van der Waals surface area contributed by atoms with Crippen LogP contribution in [0, 0.1) is 0 Å². The van der Waals surface area contributed by atoms with Crippen molar-refractivity contribution in [3.05, 3.63) is 35.9 Å². The van der Waals surface area contributed by atoms with Gasteiger partial charge in [-0.15, -0.1) is 0 Å². The molecule has 0 aromatic heterocycles. The summed E-state index contributed by atoms with van der Waals surface area (Å²) in [5, 5.41) is 5.18. The van der Waals surface area contributed by atoms with Gasteiger partial charge in [0, 0.05) is 11.3 Å². The Morgan fingerprint density at radius 3 is 2.95 bits per heavy atom. The van der Waals surface area contributed by atoms with Gasteiger partial charge in [0.25, 0.3) is 0 Å². The van der Waals surface area contributed by atoms with Crippen LogP contribution in [0.15, 0.2) is 35.3 Å². The van der Waals surface area contributed by atoms with E-state index in [0.29, 0.717) is 10.00 Å². The summed E-state index contributed by atoms with van der Waals surface area (Å²) in [5.74, 6) is 1.31. The number of rotatable bonds is 3. The summed E-state index contributed by atoms with van der Waals surface area (Å²) < 4.78 is 0.411. The summed E-state index contributed by atoms with van der Waals surface area (Å²) in [5.41, 5.74) is 1.38. The SMILES string of the molecule is CC1(CNC2=NCC(c3ccccc3)S2)CCCS1. The Morgan fingerprint density at radius 1 is 1.37 bits per heavy atom. The topological polar surface area (TPSA) is 24.4 Å². The minimum absolute atomic E-state index is 0.411. The van der Waals surface area contributed by atoms with E-state index < -0.39 is 0 Å². The van der Waals surface area contributed by atoms with Crippen LogP contribution in [0.4, 0.5) is 0 Å². The van der Waals surface area contributed by atoms with E-state index in [1.54, 1.807) is 0 Å². The van der Waals surface area contributed by atoms with Gasteiger partial charge in [0.05, 0.1) is 11.8 Å². The number of aliphatic imine (C=N–C) groups is 1. The van der Waals surface area contributed by atoms with Gasteiger partial charge in [-0.1, -0.05) is 42.1 Å². The summed E-state index contributed by atoms with van der Waals surface area (Å²) in [6.45, 7) is 4.32. The maximum atomic E-state index is 4.64. The number of benzene rings is 1. The standard InChI is InChI=1S/C15H20N2S2/c1-15(8-5-9-18-15)11-17-14-16-10-13(19-14)12-6-3-2-4-7-12/h2-4,6-7,13H,5,8-11H2,1H3,(H,16,17). The number of amidine groups is 1. The average molecular weight is 292 g/mol. The number of hydrogen-bond donors (Lipinski definition) is 1. The fraction of sp³-hybridized carbons (Fsp3) is 0.533. The first kappa shape index (κ1) is 13.4. The molecule has 19 heavy (non-hydrogen) atoms. The van der Waals surface area contributed by atoms with Crippen molar-refractivity contribution >= 4 is 28.7 Å². The molecule has 1 aromatic carbocycles. The van der Waals surface area contributed by atoms with Gasteiger partial charge in [-0.25, -0.2) is 0 Å². The first-order valence-corrected chi connectivity index (χ1v) is 8.76. The molecule has 1 saturated heterocycles. The van der Waals surface area contributed by atoms with E-state index in [1.807, 2.05) is 11.8 Å². The molecule has 2 atom stereocenters. The summed E-state index contributed by atoms with van der Waals surface area (Å²) in [6, 6.07) is 10.7. The van der Waals surface area contributed by atoms with Crippen molar-refractivity contribution in [2.45, 2.75) is 29.8 Å². The van der Waals surface area contributed by atoms with Crippen LogP contribution in [-0.2, 0) is 0 Å². The zero-order chi connectivity index (χ0) is 13.1. The van der Waals surface area contributed by atoms with Crippen molar-refractivity contribution < 1.29 is 0 Å². The van der Waals surface area contributed by atoms with Gasteiger partial charge in [-0.05, 0) is 31.1 Å². The van der Waals surface area contributed by atoms with Crippen LogP contribution in [0.3, 0.4) is 0 Å². The molecule has 2 heterocycles. The minimum atomic E-state index is 0.411. The molecule has 102 valence electrons. The minimum Gasteiger partial charge on any atom is -0.364 e. The Hall–Kier alpha value is -0.610. The molecule has 0 saturated carbocycles. The lowest BCUT2D eigenvalue weighted by molar-refractivity contribution is 0.593. The van der Waals surface area contributed by atoms with Crippen LogP contribution in [0.2, 0.25) is 0 Å². The number of nitrogens with one attached hydrogen (secondary N) is 1. The molecule has 2 aliphatic rings. The third kappa shape index (κ3) is 3.29. The van der Waals surface area contributed by atoms with Gasteiger partial charge >= 0.3 is 0 Å². The van der Waals surface area contributed by atoms with Crippen LogP contribution < -0.4 is 5.32 Å². The Bertz CT molecular complexity index is 452. The molecule has 1 aromatic rings. The van der Waals surface area contributed by atoms with Crippen molar-refractivity contribution in [2.75, 3.05) is 18.8 Å². The maximum absolute atomic E-state index is 4.64. The summed E-state index contributed by atoms with van der Waals surface area (Å²) in [7, 11) is 0. The van der Waals surface area contributed by atoms with Crippen molar-refractivity contribution in [1.29, 1.82) is 0 Å². The Kier molecular flexibility index (Phi) is 4.08. The first-order chi connectivity index (χ1) is 9.25. The van der Waals surface area contributed by atoms with Gasteiger partial charge in [-0.3, -0.25) is 4.99 Å². The highest BCUT2D eigenvalue weighted by atomic mass is 32.2.